The van der Waals surface area contributed by atoms with Gasteiger partial charge in [-0.2, -0.15) is 0 Å². The van der Waals surface area contributed by atoms with Gasteiger partial charge in [0.05, 0.1) is 16.6 Å². The molecule has 4 nitrogen and oxygen atoms in total. The van der Waals surface area contributed by atoms with E-state index in [1.807, 2.05) is 12.3 Å². The van der Waals surface area contributed by atoms with Crippen LogP contribution in [0.5, 0.6) is 0 Å². The lowest BCUT2D eigenvalue weighted by molar-refractivity contribution is -0.136. The second kappa shape index (κ2) is 4.80. The Labute approximate surface area is 101 Å². The molecule has 0 unspecified atom stereocenters. The summed E-state index contributed by atoms with van der Waals surface area (Å²) in [6.07, 6.45) is 1.69. The number of hydrogen-bond donors (Lipinski definition) is 1. The van der Waals surface area contributed by atoms with Gasteiger partial charge in [0.1, 0.15) is 11.4 Å². The maximum atomic E-state index is 10.4. The van der Waals surface area contributed by atoms with Crippen molar-refractivity contribution in [1.29, 1.82) is 0 Å². The van der Waals surface area contributed by atoms with Crippen LogP contribution in [0.1, 0.15) is 12.0 Å². The smallest absolute Gasteiger partial charge is 0.304 e. The van der Waals surface area contributed by atoms with Gasteiger partial charge in [-0.15, -0.1) is 23.1 Å². The van der Waals surface area contributed by atoms with E-state index in [4.69, 9.17) is 5.11 Å². The van der Waals surface area contributed by atoms with Crippen molar-refractivity contribution in [3.63, 3.8) is 0 Å². The number of nitrogens with zero attached hydrogens (tertiary/aromatic N) is 2. The third-order valence-corrected chi connectivity index (χ3v) is 4.27. The lowest BCUT2D eigenvalue weighted by atomic mass is 10.3. The average Bonchev–Trinajstić information content (AvgIpc) is 2.61. The Hall–Kier alpha value is -1.14. The van der Waals surface area contributed by atoms with E-state index in [-0.39, 0.29) is 6.42 Å². The normalized spacial score (nSPS) is 10.8. The summed E-state index contributed by atoms with van der Waals surface area (Å²) in [6, 6.07) is 0. The molecule has 6 heteroatoms. The van der Waals surface area contributed by atoms with Gasteiger partial charge in [-0.25, -0.2) is 9.97 Å². The molecule has 2 aromatic heterocycles. The third-order valence-electron chi connectivity index (χ3n) is 2.05. The zero-order chi connectivity index (χ0) is 11.5. The van der Waals surface area contributed by atoms with Crippen molar-refractivity contribution in [2.75, 3.05) is 5.75 Å². The van der Waals surface area contributed by atoms with Gasteiger partial charge in [-0.1, -0.05) is 0 Å². The molecule has 2 rings (SSSR count). The predicted octanol–water partition coefficient (Wildman–Crippen LogP) is 2.57. The Bertz CT molecular complexity index is 525. The van der Waals surface area contributed by atoms with Crippen LogP contribution in [0.3, 0.4) is 0 Å². The predicted molar refractivity (Wildman–Crippen MR) is 65.1 cm³/mol. The van der Waals surface area contributed by atoms with Crippen LogP contribution in [0.25, 0.3) is 10.2 Å². The molecule has 1 N–H and O–H groups in total. The standard InChI is InChI=1S/C10H10N2O2S2/c1-6-4-16-9-8(6)11-5-12-10(9)15-3-2-7(13)14/h4-5H,2-3H2,1H3,(H,13,14). The monoisotopic (exact) mass is 254 g/mol. The van der Waals surface area contributed by atoms with Crippen molar-refractivity contribution in [2.45, 2.75) is 18.4 Å². The van der Waals surface area contributed by atoms with Crippen LogP contribution in [-0.2, 0) is 4.79 Å². The molecule has 0 radical (unpaired) electrons. The number of carboxylic acid groups (broad SMARTS) is 1. The lowest BCUT2D eigenvalue weighted by Gasteiger charge is -1.99. The second-order valence-electron chi connectivity index (χ2n) is 3.27. The van der Waals surface area contributed by atoms with Crippen LogP contribution in [-0.4, -0.2) is 26.8 Å². The number of thioether (sulfide) groups is 1. The molecule has 0 aliphatic carbocycles. The highest BCUT2D eigenvalue weighted by Gasteiger charge is 2.08. The third kappa shape index (κ3) is 2.33. The lowest BCUT2D eigenvalue weighted by Crippen LogP contribution is -1.96. The first-order chi connectivity index (χ1) is 7.68. The van der Waals surface area contributed by atoms with Gasteiger partial charge in [0.25, 0.3) is 0 Å². The van der Waals surface area contributed by atoms with Crippen molar-refractivity contribution in [3.05, 3.63) is 17.3 Å². The minimum Gasteiger partial charge on any atom is -0.481 e. The maximum Gasteiger partial charge on any atom is 0.304 e. The zero-order valence-electron chi connectivity index (χ0n) is 8.64. The van der Waals surface area contributed by atoms with E-state index in [0.717, 1.165) is 20.8 Å². The summed E-state index contributed by atoms with van der Waals surface area (Å²) in [6.45, 7) is 2.01. The van der Waals surface area contributed by atoms with Crippen molar-refractivity contribution in [2.24, 2.45) is 0 Å². The van der Waals surface area contributed by atoms with Gasteiger partial charge in [0.2, 0.25) is 0 Å². The maximum absolute atomic E-state index is 10.4. The van der Waals surface area contributed by atoms with Gasteiger partial charge in [-0.05, 0) is 17.9 Å². The van der Waals surface area contributed by atoms with Gasteiger partial charge in [-0.3, -0.25) is 4.79 Å². The summed E-state index contributed by atoms with van der Waals surface area (Å²) in [7, 11) is 0. The summed E-state index contributed by atoms with van der Waals surface area (Å²) < 4.78 is 1.05. The molecule has 0 saturated heterocycles. The second-order valence-corrected chi connectivity index (χ2v) is 5.23. The minimum atomic E-state index is -0.778. The van der Waals surface area contributed by atoms with E-state index in [1.54, 1.807) is 11.3 Å². The first-order valence-electron chi connectivity index (χ1n) is 4.72. The van der Waals surface area contributed by atoms with Crippen LogP contribution >= 0.6 is 23.1 Å². The van der Waals surface area contributed by atoms with E-state index in [0.29, 0.717) is 5.75 Å². The summed E-state index contributed by atoms with van der Waals surface area (Å²) in [4.78, 5) is 18.8. The molecular formula is C10H10N2O2S2. The molecule has 16 heavy (non-hydrogen) atoms. The van der Waals surface area contributed by atoms with E-state index in [9.17, 15) is 4.79 Å². The highest BCUT2D eigenvalue weighted by Crippen LogP contribution is 2.31. The SMILES string of the molecule is Cc1csc2c(SCCC(=O)O)ncnc12. The fourth-order valence-electron chi connectivity index (χ4n) is 1.29. The van der Waals surface area contributed by atoms with Crippen LogP contribution in [0.4, 0.5) is 0 Å². The Kier molecular flexibility index (Phi) is 3.40. The quantitative estimate of drug-likeness (QED) is 0.671. The number of aliphatic carboxylic acids is 1. The highest BCUT2D eigenvalue weighted by molar-refractivity contribution is 7.99. The molecule has 0 spiro atoms. The highest BCUT2D eigenvalue weighted by atomic mass is 32.2. The number of hydrogen-bond acceptors (Lipinski definition) is 5. The van der Waals surface area contributed by atoms with E-state index in [1.165, 1.54) is 18.1 Å². The molecule has 0 aromatic carbocycles. The molecule has 0 atom stereocenters. The Morgan fingerprint density at radius 1 is 1.56 bits per heavy atom. The molecule has 0 amide bonds. The summed E-state index contributed by atoms with van der Waals surface area (Å²) in [5.41, 5.74) is 2.11. The first kappa shape index (κ1) is 11.3. The van der Waals surface area contributed by atoms with Crippen LogP contribution in [0.2, 0.25) is 0 Å². The van der Waals surface area contributed by atoms with E-state index >= 15 is 0 Å². The number of carbonyl (C=O) groups is 1. The number of fused-ring (bicyclic) bond motifs is 1. The van der Waals surface area contributed by atoms with Crippen molar-refractivity contribution < 1.29 is 9.90 Å². The number of carboxylic acids is 1. The molecular weight excluding hydrogens is 244 g/mol. The van der Waals surface area contributed by atoms with Crippen LogP contribution < -0.4 is 0 Å². The van der Waals surface area contributed by atoms with Crippen LogP contribution in [0.15, 0.2) is 16.7 Å². The van der Waals surface area contributed by atoms with E-state index in [2.05, 4.69) is 9.97 Å². The molecule has 0 aliphatic rings. The Morgan fingerprint density at radius 3 is 3.12 bits per heavy atom. The van der Waals surface area contributed by atoms with Gasteiger partial charge >= 0.3 is 5.97 Å². The summed E-state index contributed by atoms with van der Waals surface area (Å²) >= 11 is 3.08. The average molecular weight is 254 g/mol. The fourth-order valence-corrected chi connectivity index (χ4v) is 3.31. The van der Waals surface area contributed by atoms with Gasteiger partial charge in [0.15, 0.2) is 0 Å². The number of aromatic nitrogens is 2. The zero-order valence-corrected chi connectivity index (χ0v) is 10.3. The molecule has 0 saturated carbocycles. The Balaban J connectivity index is 2.20. The van der Waals surface area contributed by atoms with E-state index < -0.39 is 5.97 Å². The van der Waals surface area contributed by atoms with Gasteiger partial charge < -0.3 is 5.11 Å². The molecule has 84 valence electrons. The molecule has 0 aliphatic heterocycles. The molecule has 2 aromatic rings. The summed E-state index contributed by atoms with van der Waals surface area (Å²) in [5, 5.41) is 11.5. The van der Waals surface area contributed by atoms with Crippen LogP contribution in [0, 0.1) is 6.92 Å². The van der Waals surface area contributed by atoms with Gasteiger partial charge in [0, 0.05) is 5.75 Å². The number of thiophene rings is 1. The number of aryl methyl sites for hydroxylation is 1. The topological polar surface area (TPSA) is 63.1 Å². The molecule has 0 fully saturated rings. The Morgan fingerprint density at radius 2 is 2.38 bits per heavy atom. The summed E-state index contributed by atoms with van der Waals surface area (Å²) in [5.74, 6) is -0.238. The fraction of sp³-hybridized carbons (Fsp3) is 0.300. The molecule has 2 heterocycles. The van der Waals surface area contributed by atoms with Crippen molar-refractivity contribution >= 4 is 39.3 Å². The van der Waals surface area contributed by atoms with Crippen molar-refractivity contribution in [1.82, 2.24) is 9.97 Å². The minimum absolute atomic E-state index is 0.153. The number of rotatable bonds is 4. The largest absolute Gasteiger partial charge is 0.481 e. The molecule has 0 bridgehead atoms. The van der Waals surface area contributed by atoms with Crippen molar-refractivity contribution in [3.8, 4) is 0 Å². The first-order valence-corrected chi connectivity index (χ1v) is 6.58.